The van der Waals surface area contributed by atoms with Crippen LogP contribution in [0.3, 0.4) is 0 Å². The molecule has 2 N–H and O–H groups in total. The first kappa shape index (κ1) is 19.2. The van der Waals surface area contributed by atoms with Crippen molar-refractivity contribution >= 4 is 45.6 Å². The first-order chi connectivity index (χ1) is 13.9. The fourth-order valence-electron chi connectivity index (χ4n) is 3.05. The van der Waals surface area contributed by atoms with Gasteiger partial charge in [0.25, 0.3) is 5.56 Å². The van der Waals surface area contributed by atoms with Crippen molar-refractivity contribution in [3.8, 4) is 0 Å². The van der Waals surface area contributed by atoms with E-state index in [1.165, 1.54) is 22.0 Å². The van der Waals surface area contributed by atoms with E-state index < -0.39 is 17.2 Å². The first-order valence-corrected chi connectivity index (χ1v) is 9.95. The van der Waals surface area contributed by atoms with Crippen LogP contribution in [-0.2, 0) is 17.9 Å². The minimum Gasteiger partial charge on any atom is -0.308 e. The number of rotatable bonds is 5. The zero-order valence-electron chi connectivity index (χ0n) is 15.3. The van der Waals surface area contributed by atoms with Gasteiger partial charge in [0.15, 0.2) is 5.82 Å². The number of nitrogens with one attached hydrogen (secondary N) is 2. The van der Waals surface area contributed by atoms with Crippen LogP contribution in [0.4, 0.5) is 5.82 Å². The third kappa shape index (κ3) is 3.87. The summed E-state index contributed by atoms with van der Waals surface area (Å²) in [5, 5.41) is 11.9. The average molecular weight is 430 g/mol. The molecule has 0 radical (unpaired) electrons. The van der Waals surface area contributed by atoms with Gasteiger partial charge in [-0.25, -0.2) is 4.79 Å². The minimum atomic E-state index is -0.577. The Morgan fingerprint density at radius 2 is 2.07 bits per heavy atom. The molecule has 1 aromatic carbocycles. The quantitative estimate of drug-likeness (QED) is 0.509. The van der Waals surface area contributed by atoms with E-state index in [2.05, 4.69) is 15.5 Å². The Morgan fingerprint density at radius 1 is 1.24 bits per heavy atom. The first-order valence-electron chi connectivity index (χ1n) is 8.69. The largest absolute Gasteiger partial charge is 0.332 e. The molecule has 8 nitrogen and oxygen atoms in total. The maximum absolute atomic E-state index is 13.1. The maximum atomic E-state index is 13.1. The Kier molecular flexibility index (Phi) is 5.08. The number of nitrogens with zero attached hydrogens (tertiary/aromatic N) is 3. The molecule has 0 saturated carbocycles. The molecular weight excluding hydrogens is 414 g/mol. The van der Waals surface area contributed by atoms with Crippen molar-refractivity contribution in [3.05, 3.63) is 78.2 Å². The predicted octanol–water partition coefficient (Wildman–Crippen LogP) is 2.60. The van der Waals surface area contributed by atoms with E-state index in [0.29, 0.717) is 21.7 Å². The predicted molar refractivity (Wildman–Crippen MR) is 113 cm³/mol. The van der Waals surface area contributed by atoms with E-state index in [1.54, 1.807) is 18.2 Å². The second kappa shape index (κ2) is 7.69. The summed E-state index contributed by atoms with van der Waals surface area (Å²) in [6.07, 6.45) is 0. The Hall–Kier alpha value is -3.17. The summed E-state index contributed by atoms with van der Waals surface area (Å²) < 4.78 is 2.39. The molecule has 10 heteroatoms. The molecular formula is C19H16ClN5O3S. The molecule has 0 aliphatic heterocycles. The molecule has 0 saturated heterocycles. The zero-order valence-corrected chi connectivity index (χ0v) is 16.9. The van der Waals surface area contributed by atoms with Crippen molar-refractivity contribution in [2.45, 2.75) is 20.0 Å². The normalized spacial score (nSPS) is 11.1. The number of hydrogen-bond acceptors (Lipinski definition) is 5. The molecule has 0 unspecified atom stereocenters. The summed E-state index contributed by atoms with van der Waals surface area (Å²) in [6, 6.07) is 10.0. The van der Waals surface area contributed by atoms with Crippen molar-refractivity contribution in [2.75, 3.05) is 5.32 Å². The van der Waals surface area contributed by atoms with Gasteiger partial charge in [-0.2, -0.15) is 5.10 Å². The van der Waals surface area contributed by atoms with Crippen LogP contribution >= 0.6 is 22.9 Å². The number of thiophene rings is 1. The molecule has 4 aromatic rings. The third-order valence-corrected chi connectivity index (χ3v) is 5.45. The van der Waals surface area contributed by atoms with Crippen LogP contribution < -0.4 is 16.6 Å². The van der Waals surface area contributed by atoms with Gasteiger partial charge in [0, 0.05) is 21.7 Å². The Balaban J connectivity index is 1.80. The van der Waals surface area contributed by atoms with Crippen LogP contribution in [0.15, 0.2) is 51.4 Å². The lowest BCUT2D eigenvalue weighted by molar-refractivity contribution is -0.116. The van der Waals surface area contributed by atoms with Gasteiger partial charge in [0.1, 0.15) is 6.54 Å². The van der Waals surface area contributed by atoms with Crippen LogP contribution in [0.1, 0.15) is 10.6 Å². The highest BCUT2D eigenvalue weighted by molar-refractivity contribution is 7.09. The molecule has 4 rings (SSSR count). The molecule has 0 bridgehead atoms. The second-order valence-electron chi connectivity index (χ2n) is 6.49. The number of H-pyrrole nitrogens is 1. The highest BCUT2D eigenvalue weighted by Gasteiger charge is 2.17. The number of carbonyl (C=O) groups is 1. The van der Waals surface area contributed by atoms with Crippen LogP contribution in [0.5, 0.6) is 0 Å². The fourth-order valence-corrected chi connectivity index (χ4v) is 3.91. The van der Waals surface area contributed by atoms with Gasteiger partial charge in [0.2, 0.25) is 5.91 Å². The van der Waals surface area contributed by atoms with Crippen molar-refractivity contribution in [3.63, 3.8) is 0 Å². The molecule has 29 heavy (non-hydrogen) atoms. The number of hydrogen-bond donors (Lipinski definition) is 2. The molecule has 1 amide bonds. The molecule has 0 atom stereocenters. The maximum Gasteiger partial charge on any atom is 0.332 e. The Bertz CT molecular complexity index is 1320. The number of aryl methyl sites for hydroxylation is 1. The van der Waals surface area contributed by atoms with Gasteiger partial charge in [0.05, 0.1) is 17.4 Å². The van der Waals surface area contributed by atoms with Crippen molar-refractivity contribution in [2.24, 2.45) is 0 Å². The lowest BCUT2D eigenvalue weighted by Crippen LogP contribution is -2.41. The van der Waals surface area contributed by atoms with Crippen molar-refractivity contribution in [1.82, 2.24) is 19.3 Å². The number of carbonyl (C=O) groups excluding carboxylic acids is 1. The molecule has 0 aliphatic rings. The lowest BCUT2D eigenvalue weighted by Gasteiger charge is -2.13. The van der Waals surface area contributed by atoms with E-state index in [-0.39, 0.29) is 13.1 Å². The number of amides is 1. The van der Waals surface area contributed by atoms with Gasteiger partial charge in [-0.1, -0.05) is 17.7 Å². The standard InChI is InChI=1S/C19H16ClN5O3S/c1-11-7-16(23-22-11)21-17(26)10-24-15-8-12(20)4-5-14(15)18(27)25(19(24)28)9-13-3-2-6-29-13/h2-8H,9-10H2,1H3,(H2,21,22,23,26). The number of halogens is 1. The summed E-state index contributed by atoms with van der Waals surface area (Å²) >= 11 is 7.53. The summed E-state index contributed by atoms with van der Waals surface area (Å²) in [4.78, 5) is 39.4. The molecule has 0 aliphatic carbocycles. The summed E-state index contributed by atoms with van der Waals surface area (Å²) in [7, 11) is 0. The monoisotopic (exact) mass is 429 g/mol. The van der Waals surface area contributed by atoms with Crippen LogP contribution in [-0.4, -0.2) is 25.2 Å². The summed E-state index contributed by atoms with van der Waals surface area (Å²) in [5.74, 6) is -0.0870. The molecule has 0 fully saturated rings. The summed E-state index contributed by atoms with van der Waals surface area (Å²) in [6.45, 7) is 1.66. The average Bonchev–Trinajstić information content (AvgIpc) is 3.34. The van der Waals surface area contributed by atoms with Crippen LogP contribution in [0, 0.1) is 6.92 Å². The number of aromatic amines is 1. The van der Waals surface area contributed by atoms with Crippen molar-refractivity contribution in [1.29, 1.82) is 0 Å². The molecule has 0 spiro atoms. The topological polar surface area (TPSA) is 102 Å². The van der Waals surface area contributed by atoms with Gasteiger partial charge >= 0.3 is 5.69 Å². The van der Waals surface area contributed by atoms with Crippen LogP contribution in [0.2, 0.25) is 5.02 Å². The van der Waals surface area contributed by atoms with Gasteiger partial charge in [-0.15, -0.1) is 11.3 Å². The molecule has 3 aromatic heterocycles. The molecule has 148 valence electrons. The van der Waals surface area contributed by atoms with E-state index in [1.807, 2.05) is 24.4 Å². The van der Waals surface area contributed by atoms with Gasteiger partial charge < -0.3 is 5.32 Å². The van der Waals surface area contributed by atoms with Gasteiger partial charge in [-0.05, 0) is 36.6 Å². The number of aromatic nitrogens is 4. The lowest BCUT2D eigenvalue weighted by atomic mass is 10.2. The highest BCUT2D eigenvalue weighted by Crippen LogP contribution is 2.17. The Labute approximate surface area is 173 Å². The number of anilines is 1. The van der Waals surface area contributed by atoms with Gasteiger partial charge in [-0.3, -0.25) is 23.8 Å². The number of benzene rings is 1. The number of fused-ring (bicyclic) bond motifs is 1. The van der Waals surface area contributed by atoms with E-state index in [9.17, 15) is 14.4 Å². The molecule has 3 heterocycles. The zero-order chi connectivity index (χ0) is 20.5. The smallest absolute Gasteiger partial charge is 0.308 e. The minimum absolute atomic E-state index is 0.133. The summed E-state index contributed by atoms with van der Waals surface area (Å²) in [5.41, 5.74) is 0.101. The van der Waals surface area contributed by atoms with E-state index in [0.717, 1.165) is 15.1 Å². The SMILES string of the molecule is Cc1cc(NC(=O)Cn2c(=O)n(Cc3cccs3)c(=O)c3ccc(Cl)cc32)n[nH]1. The fraction of sp³-hybridized carbons (Fsp3) is 0.158. The van der Waals surface area contributed by atoms with Crippen LogP contribution in [0.25, 0.3) is 10.9 Å². The highest BCUT2D eigenvalue weighted by atomic mass is 35.5. The van der Waals surface area contributed by atoms with E-state index in [4.69, 9.17) is 11.6 Å². The third-order valence-electron chi connectivity index (χ3n) is 4.36. The van der Waals surface area contributed by atoms with Crippen molar-refractivity contribution < 1.29 is 4.79 Å². The second-order valence-corrected chi connectivity index (χ2v) is 7.95. The van der Waals surface area contributed by atoms with E-state index >= 15 is 0 Å². The Morgan fingerprint density at radius 3 is 2.76 bits per heavy atom.